The minimum atomic E-state index is -0.0119. The topological polar surface area (TPSA) is 49.9 Å². The fourth-order valence-electron chi connectivity index (χ4n) is 3.61. The molecule has 0 spiro atoms. The Bertz CT molecular complexity index is 834. The number of carbonyl (C=O) groups excluding carboxylic acids is 2. The number of amides is 2. The summed E-state index contributed by atoms with van der Waals surface area (Å²) in [4.78, 5) is 28.0. The molecule has 134 valence electrons. The van der Waals surface area contributed by atoms with Gasteiger partial charge in [0.2, 0.25) is 5.91 Å². The Morgan fingerprint density at radius 2 is 1.85 bits per heavy atom. The standard InChI is InChI=1S/C21H22N2O3/c24-20-9-4-11-23(20)18-7-3-8-19(13-18)26-15-21(25)22-12-10-16-5-1-2-6-17(16)14-22/h1-3,5-8,13H,4,9-12,14-15H2. The Morgan fingerprint density at radius 1 is 1.00 bits per heavy atom. The third kappa shape index (κ3) is 3.43. The minimum Gasteiger partial charge on any atom is -0.484 e. The van der Waals surface area contributed by atoms with Gasteiger partial charge in [0.25, 0.3) is 5.91 Å². The fourth-order valence-corrected chi connectivity index (χ4v) is 3.61. The third-order valence-corrected chi connectivity index (χ3v) is 5.05. The average Bonchev–Trinajstić information content (AvgIpc) is 3.12. The normalized spacial score (nSPS) is 16.5. The van der Waals surface area contributed by atoms with E-state index in [0.717, 1.165) is 31.6 Å². The van der Waals surface area contributed by atoms with E-state index in [1.807, 2.05) is 41.3 Å². The Balaban J connectivity index is 1.37. The quantitative estimate of drug-likeness (QED) is 0.852. The molecule has 2 aromatic rings. The fraction of sp³-hybridized carbons (Fsp3) is 0.333. The number of hydrogen-bond donors (Lipinski definition) is 0. The van der Waals surface area contributed by atoms with E-state index in [9.17, 15) is 9.59 Å². The minimum absolute atomic E-state index is 0.0119. The monoisotopic (exact) mass is 350 g/mol. The molecule has 0 aromatic heterocycles. The van der Waals surface area contributed by atoms with Crippen LogP contribution in [0.25, 0.3) is 0 Å². The highest BCUT2D eigenvalue weighted by molar-refractivity contribution is 5.95. The second-order valence-corrected chi connectivity index (χ2v) is 6.77. The van der Waals surface area contributed by atoms with E-state index in [4.69, 9.17) is 4.74 Å². The predicted molar refractivity (Wildman–Crippen MR) is 99.1 cm³/mol. The van der Waals surface area contributed by atoms with Crippen molar-refractivity contribution in [3.8, 4) is 5.75 Å². The first kappa shape index (κ1) is 16.6. The van der Waals surface area contributed by atoms with Crippen LogP contribution >= 0.6 is 0 Å². The molecule has 0 unspecified atom stereocenters. The van der Waals surface area contributed by atoms with Crippen LogP contribution in [0.1, 0.15) is 24.0 Å². The summed E-state index contributed by atoms with van der Waals surface area (Å²) in [7, 11) is 0. The van der Waals surface area contributed by atoms with Crippen LogP contribution in [0.5, 0.6) is 5.75 Å². The molecule has 0 saturated carbocycles. The molecule has 1 fully saturated rings. The molecular weight excluding hydrogens is 328 g/mol. The van der Waals surface area contributed by atoms with E-state index in [1.54, 1.807) is 4.90 Å². The smallest absolute Gasteiger partial charge is 0.260 e. The molecule has 5 nitrogen and oxygen atoms in total. The van der Waals surface area contributed by atoms with Gasteiger partial charge in [0.15, 0.2) is 6.61 Å². The number of nitrogens with zero attached hydrogens (tertiary/aromatic N) is 2. The molecule has 2 heterocycles. The zero-order valence-corrected chi connectivity index (χ0v) is 14.7. The van der Waals surface area contributed by atoms with Crippen LogP contribution in [0.2, 0.25) is 0 Å². The molecular formula is C21H22N2O3. The number of hydrogen-bond acceptors (Lipinski definition) is 3. The summed E-state index contributed by atoms with van der Waals surface area (Å²) in [6.45, 7) is 2.12. The van der Waals surface area contributed by atoms with Gasteiger partial charge in [-0.1, -0.05) is 30.3 Å². The lowest BCUT2D eigenvalue weighted by Crippen LogP contribution is -2.38. The van der Waals surface area contributed by atoms with Gasteiger partial charge in [-0.25, -0.2) is 0 Å². The molecule has 2 aliphatic heterocycles. The summed E-state index contributed by atoms with van der Waals surface area (Å²) in [5.74, 6) is 0.750. The Morgan fingerprint density at radius 3 is 2.65 bits per heavy atom. The van der Waals surface area contributed by atoms with Gasteiger partial charge >= 0.3 is 0 Å². The van der Waals surface area contributed by atoms with Gasteiger partial charge < -0.3 is 14.5 Å². The maximum atomic E-state index is 12.5. The summed E-state index contributed by atoms with van der Waals surface area (Å²) in [5, 5.41) is 0. The van der Waals surface area contributed by atoms with Crippen LogP contribution in [0.4, 0.5) is 5.69 Å². The summed E-state index contributed by atoms with van der Waals surface area (Å²) in [6.07, 6.45) is 2.37. The van der Waals surface area contributed by atoms with E-state index in [2.05, 4.69) is 12.1 Å². The lowest BCUT2D eigenvalue weighted by molar-refractivity contribution is -0.134. The van der Waals surface area contributed by atoms with Crippen molar-refractivity contribution in [3.63, 3.8) is 0 Å². The lowest BCUT2D eigenvalue weighted by atomic mass is 10.00. The molecule has 0 N–H and O–H groups in total. The summed E-state index contributed by atoms with van der Waals surface area (Å²) in [5.41, 5.74) is 3.37. The van der Waals surface area contributed by atoms with Crippen LogP contribution in [-0.2, 0) is 22.6 Å². The van der Waals surface area contributed by atoms with Crippen LogP contribution in [-0.4, -0.2) is 36.4 Å². The number of rotatable bonds is 4. The Kier molecular flexibility index (Phi) is 4.61. The van der Waals surface area contributed by atoms with Crippen molar-refractivity contribution >= 4 is 17.5 Å². The van der Waals surface area contributed by atoms with Gasteiger partial charge in [-0.2, -0.15) is 0 Å². The zero-order chi connectivity index (χ0) is 17.9. The largest absolute Gasteiger partial charge is 0.484 e. The molecule has 26 heavy (non-hydrogen) atoms. The zero-order valence-electron chi connectivity index (χ0n) is 14.7. The molecule has 4 rings (SSSR count). The number of benzene rings is 2. The second kappa shape index (κ2) is 7.20. The molecule has 0 aliphatic carbocycles. The van der Waals surface area contributed by atoms with Crippen molar-refractivity contribution in [1.29, 1.82) is 0 Å². The maximum absolute atomic E-state index is 12.5. The highest BCUT2D eigenvalue weighted by atomic mass is 16.5. The van der Waals surface area contributed by atoms with E-state index in [1.165, 1.54) is 11.1 Å². The van der Waals surface area contributed by atoms with Gasteiger partial charge in [-0.3, -0.25) is 9.59 Å². The van der Waals surface area contributed by atoms with Gasteiger partial charge in [0.05, 0.1) is 0 Å². The van der Waals surface area contributed by atoms with Crippen LogP contribution in [0.15, 0.2) is 48.5 Å². The second-order valence-electron chi connectivity index (χ2n) is 6.77. The molecule has 0 radical (unpaired) electrons. The van der Waals surface area contributed by atoms with Crippen molar-refractivity contribution in [2.24, 2.45) is 0 Å². The first-order valence-electron chi connectivity index (χ1n) is 9.08. The number of fused-ring (bicyclic) bond motifs is 1. The van der Waals surface area contributed by atoms with Crippen LogP contribution in [0.3, 0.4) is 0 Å². The summed E-state index contributed by atoms with van der Waals surface area (Å²) in [6, 6.07) is 15.7. The molecule has 2 amide bonds. The predicted octanol–water partition coefficient (Wildman–Crippen LogP) is 2.78. The molecule has 2 aromatic carbocycles. The van der Waals surface area contributed by atoms with Gasteiger partial charge in [0, 0.05) is 37.8 Å². The van der Waals surface area contributed by atoms with Crippen molar-refractivity contribution in [1.82, 2.24) is 4.90 Å². The van der Waals surface area contributed by atoms with E-state index in [0.29, 0.717) is 18.7 Å². The van der Waals surface area contributed by atoms with Crippen molar-refractivity contribution < 1.29 is 14.3 Å². The van der Waals surface area contributed by atoms with E-state index in [-0.39, 0.29) is 18.4 Å². The molecule has 5 heteroatoms. The number of anilines is 1. The van der Waals surface area contributed by atoms with Crippen molar-refractivity contribution in [3.05, 3.63) is 59.7 Å². The first-order chi connectivity index (χ1) is 12.7. The van der Waals surface area contributed by atoms with Crippen molar-refractivity contribution in [2.45, 2.75) is 25.8 Å². The molecule has 2 aliphatic rings. The maximum Gasteiger partial charge on any atom is 0.260 e. The highest BCUT2D eigenvalue weighted by Crippen LogP contribution is 2.25. The highest BCUT2D eigenvalue weighted by Gasteiger charge is 2.23. The summed E-state index contributed by atoms with van der Waals surface area (Å²) >= 11 is 0. The number of ether oxygens (including phenoxy) is 1. The van der Waals surface area contributed by atoms with Gasteiger partial charge in [-0.05, 0) is 36.1 Å². The Labute approximate surface area is 153 Å². The van der Waals surface area contributed by atoms with E-state index >= 15 is 0 Å². The number of carbonyl (C=O) groups is 2. The van der Waals surface area contributed by atoms with E-state index < -0.39 is 0 Å². The van der Waals surface area contributed by atoms with Crippen LogP contribution < -0.4 is 9.64 Å². The van der Waals surface area contributed by atoms with Crippen molar-refractivity contribution in [2.75, 3.05) is 24.6 Å². The molecule has 1 saturated heterocycles. The first-order valence-corrected chi connectivity index (χ1v) is 9.08. The summed E-state index contributed by atoms with van der Waals surface area (Å²) < 4.78 is 5.72. The van der Waals surface area contributed by atoms with Crippen LogP contribution in [0, 0.1) is 0 Å². The Hall–Kier alpha value is -2.82. The van der Waals surface area contributed by atoms with Gasteiger partial charge in [0.1, 0.15) is 5.75 Å². The third-order valence-electron chi connectivity index (χ3n) is 5.05. The average molecular weight is 350 g/mol. The molecule has 0 atom stereocenters. The molecule has 0 bridgehead atoms. The lowest BCUT2D eigenvalue weighted by Gasteiger charge is -2.28. The SMILES string of the molecule is O=C(COc1cccc(N2CCCC2=O)c1)N1CCc2ccccc2C1. The van der Waals surface area contributed by atoms with Gasteiger partial charge in [-0.15, -0.1) is 0 Å².